The lowest BCUT2D eigenvalue weighted by Crippen LogP contribution is -2.44. The Morgan fingerprint density at radius 2 is 2.04 bits per heavy atom. The van der Waals surface area contributed by atoms with Crippen LogP contribution >= 0.6 is 0 Å². The third-order valence-electron chi connectivity index (χ3n) is 4.39. The van der Waals surface area contributed by atoms with Gasteiger partial charge in [0.25, 0.3) is 0 Å². The van der Waals surface area contributed by atoms with Crippen molar-refractivity contribution >= 4 is 16.8 Å². The standard InChI is InChI=1S/C20H22FN3O/c1-2-24(13-14-6-5-7-16(21)10-14)20(25)18(22)11-15-12-23-19-9-4-3-8-17(15)19/h3-10,12,18,23H,2,11,13,22H2,1H3/t18-/m0/s1. The highest BCUT2D eigenvalue weighted by Crippen LogP contribution is 2.19. The zero-order valence-corrected chi connectivity index (χ0v) is 14.2. The van der Waals surface area contributed by atoms with E-state index in [-0.39, 0.29) is 11.7 Å². The Bertz CT molecular complexity index is 874. The van der Waals surface area contributed by atoms with Crippen LogP contribution < -0.4 is 5.73 Å². The van der Waals surface area contributed by atoms with Crippen LogP contribution in [0.15, 0.2) is 54.7 Å². The lowest BCUT2D eigenvalue weighted by atomic mass is 10.0. The van der Waals surface area contributed by atoms with Gasteiger partial charge in [-0.1, -0.05) is 30.3 Å². The van der Waals surface area contributed by atoms with Gasteiger partial charge in [-0.2, -0.15) is 0 Å². The Kier molecular flexibility index (Phi) is 5.14. The number of nitrogens with zero attached hydrogens (tertiary/aromatic N) is 1. The maximum absolute atomic E-state index is 13.3. The van der Waals surface area contributed by atoms with Crippen LogP contribution in [0.25, 0.3) is 10.9 Å². The zero-order valence-electron chi connectivity index (χ0n) is 14.2. The first-order valence-electron chi connectivity index (χ1n) is 8.42. The molecule has 130 valence electrons. The van der Waals surface area contributed by atoms with Crippen molar-refractivity contribution in [1.82, 2.24) is 9.88 Å². The molecule has 1 aromatic heterocycles. The van der Waals surface area contributed by atoms with Gasteiger partial charge in [-0.15, -0.1) is 0 Å². The number of nitrogens with two attached hydrogens (primary N) is 1. The number of likely N-dealkylation sites (N-methyl/N-ethyl adjacent to an activating group) is 1. The summed E-state index contributed by atoms with van der Waals surface area (Å²) < 4.78 is 13.3. The summed E-state index contributed by atoms with van der Waals surface area (Å²) >= 11 is 0. The molecule has 2 aromatic carbocycles. The van der Waals surface area contributed by atoms with E-state index < -0.39 is 6.04 Å². The molecule has 0 bridgehead atoms. The predicted molar refractivity (Wildman–Crippen MR) is 97.5 cm³/mol. The van der Waals surface area contributed by atoms with Gasteiger partial charge >= 0.3 is 0 Å². The van der Waals surface area contributed by atoms with Crippen molar-refractivity contribution in [3.8, 4) is 0 Å². The second kappa shape index (κ2) is 7.49. The van der Waals surface area contributed by atoms with Gasteiger partial charge in [0.2, 0.25) is 5.91 Å². The van der Waals surface area contributed by atoms with Crippen LogP contribution in [0.4, 0.5) is 4.39 Å². The minimum absolute atomic E-state index is 0.128. The van der Waals surface area contributed by atoms with Crippen LogP contribution in [-0.2, 0) is 17.8 Å². The lowest BCUT2D eigenvalue weighted by molar-refractivity contribution is -0.133. The molecule has 1 amide bonds. The number of nitrogens with one attached hydrogen (secondary N) is 1. The molecule has 3 aromatic rings. The highest BCUT2D eigenvalue weighted by atomic mass is 19.1. The zero-order chi connectivity index (χ0) is 17.8. The molecule has 3 rings (SSSR count). The van der Waals surface area contributed by atoms with Gasteiger partial charge in [-0.05, 0) is 42.7 Å². The number of hydrogen-bond donors (Lipinski definition) is 2. The number of aromatic amines is 1. The summed E-state index contributed by atoms with van der Waals surface area (Å²) in [5.41, 5.74) is 9.00. The van der Waals surface area contributed by atoms with Gasteiger partial charge in [0.1, 0.15) is 5.82 Å². The minimum atomic E-state index is -0.632. The van der Waals surface area contributed by atoms with Crippen molar-refractivity contribution in [1.29, 1.82) is 0 Å². The average Bonchev–Trinajstić information content (AvgIpc) is 3.02. The van der Waals surface area contributed by atoms with E-state index in [1.54, 1.807) is 11.0 Å². The molecule has 0 radical (unpaired) electrons. The summed E-state index contributed by atoms with van der Waals surface area (Å²) in [4.78, 5) is 17.6. The molecule has 3 N–H and O–H groups in total. The van der Waals surface area contributed by atoms with Crippen molar-refractivity contribution in [3.05, 3.63) is 71.7 Å². The highest BCUT2D eigenvalue weighted by molar-refractivity contribution is 5.86. The molecule has 0 saturated carbocycles. The normalized spacial score (nSPS) is 12.3. The van der Waals surface area contributed by atoms with Crippen molar-refractivity contribution in [2.24, 2.45) is 5.73 Å². The monoisotopic (exact) mass is 339 g/mol. The Morgan fingerprint density at radius 3 is 2.80 bits per heavy atom. The Morgan fingerprint density at radius 1 is 1.24 bits per heavy atom. The van der Waals surface area contributed by atoms with E-state index in [1.807, 2.05) is 43.5 Å². The van der Waals surface area contributed by atoms with Crippen LogP contribution in [0.5, 0.6) is 0 Å². The van der Waals surface area contributed by atoms with Crippen molar-refractivity contribution in [3.63, 3.8) is 0 Å². The van der Waals surface area contributed by atoms with E-state index in [4.69, 9.17) is 5.73 Å². The van der Waals surface area contributed by atoms with Gasteiger partial charge in [0, 0.05) is 30.2 Å². The number of carbonyl (C=O) groups is 1. The van der Waals surface area contributed by atoms with Crippen LogP contribution in [0.2, 0.25) is 0 Å². The van der Waals surface area contributed by atoms with Gasteiger partial charge in [0.05, 0.1) is 6.04 Å². The van der Waals surface area contributed by atoms with Crippen LogP contribution in [0.1, 0.15) is 18.1 Å². The van der Waals surface area contributed by atoms with Crippen molar-refractivity contribution in [2.75, 3.05) is 6.54 Å². The molecule has 0 aliphatic rings. The fourth-order valence-electron chi connectivity index (χ4n) is 3.06. The summed E-state index contributed by atoms with van der Waals surface area (Å²) in [6.45, 7) is 2.78. The van der Waals surface area contributed by atoms with Crippen LogP contribution in [-0.4, -0.2) is 28.4 Å². The van der Waals surface area contributed by atoms with E-state index in [1.165, 1.54) is 12.1 Å². The number of benzene rings is 2. The maximum atomic E-state index is 13.3. The number of carbonyl (C=O) groups excluding carboxylic acids is 1. The first-order valence-corrected chi connectivity index (χ1v) is 8.42. The quantitative estimate of drug-likeness (QED) is 0.724. The second-order valence-corrected chi connectivity index (χ2v) is 6.15. The Labute approximate surface area is 146 Å². The molecular formula is C20H22FN3O. The highest BCUT2D eigenvalue weighted by Gasteiger charge is 2.21. The average molecular weight is 339 g/mol. The summed E-state index contributed by atoms with van der Waals surface area (Å²) in [6.07, 6.45) is 2.36. The molecule has 4 nitrogen and oxygen atoms in total. The Hall–Kier alpha value is -2.66. The molecule has 1 heterocycles. The number of fused-ring (bicyclic) bond motifs is 1. The first kappa shape index (κ1) is 17.2. The summed E-state index contributed by atoms with van der Waals surface area (Å²) in [5, 5.41) is 1.08. The summed E-state index contributed by atoms with van der Waals surface area (Å²) in [5.74, 6) is -0.430. The van der Waals surface area contributed by atoms with Crippen LogP contribution in [0, 0.1) is 5.82 Å². The number of aromatic nitrogens is 1. The predicted octanol–water partition coefficient (Wildman–Crippen LogP) is 3.23. The largest absolute Gasteiger partial charge is 0.361 e. The van der Waals surface area contributed by atoms with E-state index in [0.717, 1.165) is 22.0 Å². The minimum Gasteiger partial charge on any atom is -0.361 e. The molecule has 0 saturated heterocycles. The van der Waals surface area contributed by atoms with Gasteiger partial charge in [-0.3, -0.25) is 4.79 Å². The molecule has 0 unspecified atom stereocenters. The fourth-order valence-corrected chi connectivity index (χ4v) is 3.06. The fraction of sp³-hybridized carbons (Fsp3) is 0.250. The van der Waals surface area contributed by atoms with E-state index in [9.17, 15) is 9.18 Å². The number of halogens is 1. The SMILES string of the molecule is CCN(Cc1cccc(F)c1)C(=O)[C@@H](N)Cc1c[nH]c2ccccc12. The molecule has 0 spiro atoms. The molecule has 5 heteroatoms. The van der Waals surface area contributed by atoms with E-state index in [0.29, 0.717) is 19.5 Å². The van der Waals surface area contributed by atoms with Gasteiger partial charge in [0.15, 0.2) is 0 Å². The smallest absolute Gasteiger partial charge is 0.240 e. The third-order valence-corrected chi connectivity index (χ3v) is 4.39. The third kappa shape index (κ3) is 3.88. The number of hydrogen-bond acceptors (Lipinski definition) is 2. The summed E-state index contributed by atoms with van der Waals surface area (Å²) in [7, 11) is 0. The Balaban J connectivity index is 1.71. The number of H-pyrrole nitrogens is 1. The van der Waals surface area contributed by atoms with E-state index >= 15 is 0 Å². The maximum Gasteiger partial charge on any atom is 0.240 e. The lowest BCUT2D eigenvalue weighted by Gasteiger charge is -2.24. The van der Waals surface area contributed by atoms with Gasteiger partial charge in [-0.25, -0.2) is 4.39 Å². The van der Waals surface area contributed by atoms with Gasteiger partial charge < -0.3 is 15.6 Å². The molecule has 0 aliphatic heterocycles. The number of rotatable bonds is 6. The van der Waals surface area contributed by atoms with Crippen LogP contribution in [0.3, 0.4) is 0 Å². The second-order valence-electron chi connectivity index (χ2n) is 6.15. The van der Waals surface area contributed by atoms with Crippen molar-refractivity contribution < 1.29 is 9.18 Å². The van der Waals surface area contributed by atoms with Crippen molar-refractivity contribution in [2.45, 2.75) is 25.9 Å². The summed E-state index contributed by atoms with van der Waals surface area (Å²) in [6, 6.07) is 13.6. The molecule has 25 heavy (non-hydrogen) atoms. The number of amides is 1. The topological polar surface area (TPSA) is 62.1 Å². The molecule has 0 fully saturated rings. The molecular weight excluding hydrogens is 317 g/mol. The first-order chi connectivity index (χ1) is 12.1. The number of para-hydroxylation sites is 1. The molecule has 0 aliphatic carbocycles. The van der Waals surface area contributed by atoms with E-state index in [2.05, 4.69) is 4.98 Å². The molecule has 1 atom stereocenters.